The molecule has 0 aromatic heterocycles. The molecule has 0 aliphatic rings. The van der Waals surface area contributed by atoms with Gasteiger partial charge in [0, 0.05) is 15.5 Å². The fraction of sp³-hybridized carbons (Fsp3) is 0.417. The van der Waals surface area contributed by atoms with Gasteiger partial charge in [-0.25, -0.2) is 0 Å². The highest BCUT2D eigenvalue weighted by Crippen LogP contribution is 2.31. The molecule has 0 aliphatic heterocycles. The average Bonchev–Trinajstić information content (AvgIpc) is 2.25. The van der Waals surface area contributed by atoms with Gasteiger partial charge in [-0.05, 0) is 31.5 Å². The summed E-state index contributed by atoms with van der Waals surface area (Å²) in [6.45, 7) is 3.67. The second-order valence-electron chi connectivity index (χ2n) is 4.34. The van der Waals surface area contributed by atoms with Crippen molar-refractivity contribution in [3.8, 4) is 0 Å². The van der Waals surface area contributed by atoms with Crippen LogP contribution in [0.25, 0.3) is 0 Å². The van der Waals surface area contributed by atoms with Crippen molar-refractivity contribution in [3.63, 3.8) is 0 Å². The zero-order chi connectivity index (χ0) is 13.1. The number of thioether (sulfide) groups is 1. The number of nitrogens with two attached hydrogens (primary N) is 1. The lowest BCUT2D eigenvalue weighted by Gasteiger charge is -2.28. The minimum absolute atomic E-state index is 0.520. The second kappa shape index (κ2) is 5.76. The van der Waals surface area contributed by atoms with E-state index in [0.717, 1.165) is 5.56 Å². The van der Waals surface area contributed by atoms with Crippen LogP contribution in [0.1, 0.15) is 19.4 Å². The molecule has 17 heavy (non-hydrogen) atoms. The Morgan fingerprint density at radius 2 is 2.24 bits per heavy atom. The molecule has 1 aromatic carbocycles. The first-order valence-corrected chi connectivity index (χ1v) is 6.56. The lowest BCUT2D eigenvalue weighted by molar-refractivity contribution is -0.139. The molecule has 0 aliphatic carbocycles. The van der Waals surface area contributed by atoms with Crippen molar-refractivity contribution in [2.45, 2.75) is 30.4 Å². The summed E-state index contributed by atoms with van der Waals surface area (Å²) in [5.74, 6) is -0.289. The van der Waals surface area contributed by atoms with E-state index in [1.807, 2.05) is 38.1 Å². The third kappa shape index (κ3) is 4.22. The van der Waals surface area contributed by atoms with E-state index in [0.29, 0.717) is 10.8 Å². The first kappa shape index (κ1) is 14.4. The van der Waals surface area contributed by atoms with Crippen LogP contribution < -0.4 is 5.73 Å². The van der Waals surface area contributed by atoms with Gasteiger partial charge in [-0.3, -0.25) is 4.79 Å². The van der Waals surface area contributed by atoms with Gasteiger partial charge in [-0.15, -0.1) is 11.8 Å². The van der Waals surface area contributed by atoms with Crippen LogP contribution >= 0.6 is 23.4 Å². The van der Waals surface area contributed by atoms with Crippen molar-refractivity contribution in [2.24, 2.45) is 5.73 Å². The maximum atomic E-state index is 10.9. The highest BCUT2D eigenvalue weighted by Gasteiger charge is 2.32. The number of carbonyl (C=O) groups is 1. The van der Waals surface area contributed by atoms with Crippen molar-refractivity contribution < 1.29 is 9.90 Å². The SMILES string of the molecule is CC(C)(SCc1cccc(Cl)c1)[C@@H](N)C(=O)O. The van der Waals surface area contributed by atoms with Crippen LogP contribution in [-0.4, -0.2) is 21.9 Å². The van der Waals surface area contributed by atoms with Crippen LogP contribution in [0, 0.1) is 0 Å². The second-order valence-corrected chi connectivity index (χ2v) is 6.40. The van der Waals surface area contributed by atoms with Crippen molar-refractivity contribution in [1.29, 1.82) is 0 Å². The maximum absolute atomic E-state index is 10.9. The molecule has 1 aromatic rings. The molecule has 0 radical (unpaired) electrons. The highest BCUT2D eigenvalue weighted by atomic mass is 35.5. The number of hydrogen-bond donors (Lipinski definition) is 2. The summed E-state index contributed by atoms with van der Waals surface area (Å²) in [7, 11) is 0. The topological polar surface area (TPSA) is 63.3 Å². The summed E-state index contributed by atoms with van der Waals surface area (Å²) in [4.78, 5) is 10.9. The molecule has 0 saturated carbocycles. The maximum Gasteiger partial charge on any atom is 0.321 e. The first-order chi connectivity index (χ1) is 7.83. The lowest BCUT2D eigenvalue weighted by atomic mass is 10.1. The number of carboxylic acid groups (broad SMARTS) is 1. The molecule has 1 rings (SSSR count). The number of rotatable bonds is 5. The van der Waals surface area contributed by atoms with Crippen LogP contribution in [0.2, 0.25) is 5.02 Å². The molecule has 0 heterocycles. The van der Waals surface area contributed by atoms with Crippen molar-refractivity contribution >= 4 is 29.3 Å². The van der Waals surface area contributed by atoms with E-state index < -0.39 is 16.8 Å². The first-order valence-electron chi connectivity index (χ1n) is 5.20. The van der Waals surface area contributed by atoms with Gasteiger partial charge in [-0.1, -0.05) is 23.7 Å². The molecule has 0 bridgehead atoms. The summed E-state index contributed by atoms with van der Waals surface area (Å²) >= 11 is 7.39. The van der Waals surface area contributed by atoms with E-state index in [4.69, 9.17) is 22.4 Å². The number of carboxylic acids is 1. The van der Waals surface area contributed by atoms with E-state index in [9.17, 15) is 4.79 Å². The standard InChI is InChI=1S/C12H16ClNO2S/c1-12(2,10(14)11(15)16)17-7-8-4-3-5-9(13)6-8/h3-6,10H,7,14H2,1-2H3,(H,15,16)/t10-/m0/s1. The van der Waals surface area contributed by atoms with E-state index in [2.05, 4.69) is 0 Å². The minimum atomic E-state index is -0.978. The summed E-state index contributed by atoms with van der Waals surface area (Å²) in [6.07, 6.45) is 0. The normalized spacial score (nSPS) is 13.4. The molecule has 0 amide bonds. The van der Waals surface area contributed by atoms with Gasteiger partial charge in [0.1, 0.15) is 6.04 Å². The number of hydrogen-bond acceptors (Lipinski definition) is 3. The van der Waals surface area contributed by atoms with E-state index in [-0.39, 0.29) is 0 Å². The molecule has 3 N–H and O–H groups in total. The minimum Gasteiger partial charge on any atom is -0.480 e. The van der Waals surface area contributed by atoms with Crippen molar-refractivity contribution in [3.05, 3.63) is 34.9 Å². The molecule has 0 spiro atoms. The Morgan fingerprint density at radius 1 is 1.59 bits per heavy atom. The molecular weight excluding hydrogens is 258 g/mol. The summed E-state index contributed by atoms with van der Waals surface area (Å²) in [5, 5.41) is 9.58. The fourth-order valence-electron chi connectivity index (χ4n) is 1.28. The van der Waals surface area contributed by atoms with Gasteiger partial charge in [-0.2, -0.15) is 0 Å². The Morgan fingerprint density at radius 3 is 2.76 bits per heavy atom. The smallest absolute Gasteiger partial charge is 0.321 e. The van der Waals surface area contributed by atoms with E-state index in [1.165, 1.54) is 11.8 Å². The Labute approximate surface area is 110 Å². The van der Waals surface area contributed by atoms with Gasteiger partial charge in [0.05, 0.1) is 0 Å². The molecule has 0 fully saturated rings. The van der Waals surface area contributed by atoms with Crippen LogP contribution in [0.4, 0.5) is 0 Å². The molecule has 5 heteroatoms. The lowest BCUT2D eigenvalue weighted by Crippen LogP contribution is -2.46. The van der Waals surface area contributed by atoms with Gasteiger partial charge >= 0.3 is 5.97 Å². The number of benzene rings is 1. The van der Waals surface area contributed by atoms with Gasteiger partial charge in [0.2, 0.25) is 0 Å². The van der Waals surface area contributed by atoms with E-state index >= 15 is 0 Å². The predicted octanol–water partition coefficient (Wildman–Crippen LogP) is 2.76. The van der Waals surface area contributed by atoms with Gasteiger partial charge in [0.25, 0.3) is 0 Å². The monoisotopic (exact) mass is 273 g/mol. The number of halogens is 1. The molecular formula is C12H16ClNO2S. The zero-order valence-corrected chi connectivity index (χ0v) is 11.4. The molecule has 94 valence electrons. The van der Waals surface area contributed by atoms with Gasteiger partial charge in [0.15, 0.2) is 0 Å². The van der Waals surface area contributed by atoms with E-state index in [1.54, 1.807) is 0 Å². The fourth-order valence-corrected chi connectivity index (χ4v) is 2.49. The molecule has 0 saturated heterocycles. The Balaban J connectivity index is 2.64. The largest absolute Gasteiger partial charge is 0.480 e. The third-order valence-corrected chi connectivity index (χ3v) is 4.23. The molecule has 1 atom stereocenters. The van der Waals surface area contributed by atoms with Crippen LogP contribution in [0.5, 0.6) is 0 Å². The number of aliphatic carboxylic acids is 1. The summed E-state index contributed by atoms with van der Waals surface area (Å²) < 4.78 is -0.520. The highest BCUT2D eigenvalue weighted by molar-refractivity contribution is 7.99. The average molecular weight is 274 g/mol. The van der Waals surface area contributed by atoms with Crippen LogP contribution in [-0.2, 0) is 10.5 Å². The van der Waals surface area contributed by atoms with Crippen molar-refractivity contribution in [1.82, 2.24) is 0 Å². The predicted molar refractivity (Wildman–Crippen MR) is 72.4 cm³/mol. The van der Waals surface area contributed by atoms with Crippen LogP contribution in [0.3, 0.4) is 0 Å². The quantitative estimate of drug-likeness (QED) is 0.866. The molecule has 3 nitrogen and oxygen atoms in total. The van der Waals surface area contributed by atoms with Crippen LogP contribution in [0.15, 0.2) is 24.3 Å². The van der Waals surface area contributed by atoms with Gasteiger partial charge < -0.3 is 10.8 Å². The Kier molecular flexibility index (Phi) is 4.86. The Bertz CT molecular complexity index is 409. The summed E-state index contributed by atoms with van der Waals surface area (Å²) in [6, 6.07) is 6.64. The third-order valence-electron chi connectivity index (χ3n) is 2.51. The van der Waals surface area contributed by atoms with Crippen molar-refractivity contribution in [2.75, 3.05) is 0 Å². The summed E-state index contributed by atoms with van der Waals surface area (Å²) in [5.41, 5.74) is 6.70. The molecule has 0 unspecified atom stereocenters. The zero-order valence-electron chi connectivity index (χ0n) is 9.81. The Hall–Kier alpha value is -0.710.